The number of benzene rings is 1. The molecule has 2 rings (SSSR count). The molecular weight excluding hydrogens is 304 g/mol. The molecule has 19 heavy (non-hydrogen) atoms. The summed E-state index contributed by atoms with van der Waals surface area (Å²) in [4.78, 5) is 4.70. The number of pyridine rings is 1. The highest BCUT2D eigenvalue weighted by molar-refractivity contribution is 7.99. The van der Waals surface area contributed by atoms with E-state index in [0.29, 0.717) is 5.69 Å². The van der Waals surface area contributed by atoms with Gasteiger partial charge in [-0.15, -0.1) is 11.8 Å². The van der Waals surface area contributed by atoms with Gasteiger partial charge in [-0.1, -0.05) is 23.7 Å². The van der Waals surface area contributed by atoms with Crippen LogP contribution >= 0.6 is 23.4 Å². The molecule has 100 valence electrons. The summed E-state index contributed by atoms with van der Waals surface area (Å²) < 4.78 is 26.9. The highest BCUT2D eigenvalue weighted by Crippen LogP contribution is 2.26. The number of hydrogen-bond donors (Lipinski definition) is 1. The zero-order chi connectivity index (χ0) is 13.9. The molecule has 0 amide bonds. The quantitative estimate of drug-likeness (QED) is 0.695. The number of anilines is 1. The molecule has 2 aromatic rings. The molecule has 0 saturated heterocycles. The number of aromatic nitrogens is 1. The Morgan fingerprint density at radius 3 is 2.58 bits per heavy atom. The first-order chi connectivity index (χ1) is 9.03. The molecule has 7 heteroatoms. The van der Waals surface area contributed by atoms with Crippen molar-refractivity contribution < 1.29 is 8.42 Å². The highest BCUT2D eigenvalue weighted by atomic mass is 35.5. The number of rotatable bonds is 4. The molecule has 0 bridgehead atoms. The average molecular weight is 315 g/mol. The van der Waals surface area contributed by atoms with Crippen molar-refractivity contribution in [3.8, 4) is 0 Å². The van der Waals surface area contributed by atoms with Crippen molar-refractivity contribution in [3.05, 3.63) is 47.7 Å². The summed E-state index contributed by atoms with van der Waals surface area (Å²) in [6.45, 7) is 0. The summed E-state index contributed by atoms with van der Waals surface area (Å²) in [5.74, 6) is 0. The van der Waals surface area contributed by atoms with Gasteiger partial charge in [-0.25, -0.2) is 13.4 Å². The van der Waals surface area contributed by atoms with E-state index in [1.807, 2.05) is 18.4 Å². The molecule has 4 nitrogen and oxygen atoms in total. The van der Waals surface area contributed by atoms with Gasteiger partial charge < -0.3 is 0 Å². The first kappa shape index (κ1) is 14.2. The van der Waals surface area contributed by atoms with Crippen LogP contribution in [0.4, 0.5) is 5.69 Å². The summed E-state index contributed by atoms with van der Waals surface area (Å²) in [5.41, 5.74) is 0.546. The lowest BCUT2D eigenvalue weighted by Crippen LogP contribution is -2.13. The van der Waals surface area contributed by atoms with Crippen LogP contribution in [-0.2, 0) is 10.0 Å². The summed E-state index contributed by atoms with van der Waals surface area (Å²) in [6.07, 6.45) is 3.11. The monoisotopic (exact) mass is 314 g/mol. The molecule has 0 aliphatic rings. The van der Waals surface area contributed by atoms with Crippen LogP contribution in [0.5, 0.6) is 0 Å². The Kier molecular flexibility index (Phi) is 4.34. The Balaban J connectivity index is 2.34. The van der Waals surface area contributed by atoms with Gasteiger partial charge in [0.05, 0.1) is 5.69 Å². The molecule has 0 fully saturated rings. The van der Waals surface area contributed by atoms with Gasteiger partial charge in [0.25, 0.3) is 10.0 Å². The maximum Gasteiger partial charge on any atom is 0.263 e. The maximum atomic E-state index is 12.2. The molecular formula is C12H11ClN2O2S2. The van der Waals surface area contributed by atoms with Gasteiger partial charge in [0.1, 0.15) is 10.0 Å². The third-order valence-corrected chi connectivity index (χ3v) is 4.73. The zero-order valence-electron chi connectivity index (χ0n) is 10.00. The lowest BCUT2D eigenvalue weighted by atomic mass is 10.3. The second-order valence-corrected chi connectivity index (χ2v) is 6.54. The summed E-state index contributed by atoms with van der Waals surface area (Å²) in [5, 5.41) is 0.253. The maximum absolute atomic E-state index is 12.2. The van der Waals surface area contributed by atoms with Gasteiger partial charge in [0, 0.05) is 11.1 Å². The topological polar surface area (TPSA) is 59.1 Å². The molecule has 1 N–H and O–H groups in total. The summed E-state index contributed by atoms with van der Waals surface area (Å²) >= 11 is 7.11. The molecule has 1 heterocycles. The highest BCUT2D eigenvalue weighted by Gasteiger charge is 2.16. The molecule has 0 radical (unpaired) electrons. The van der Waals surface area contributed by atoms with E-state index in [4.69, 9.17) is 11.6 Å². The van der Waals surface area contributed by atoms with E-state index in [0.717, 1.165) is 4.90 Å². The minimum absolute atomic E-state index is 0.0767. The van der Waals surface area contributed by atoms with Crippen LogP contribution < -0.4 is 4.72 Å². The van der Waals surface area contributed by atoms with Crippen LogP contribution in [0.25, 0.3) is 0 Å². The SMILES string of the molecule is CSc1ccccc1NS(=O)(=O)c1ccc(Cl)nc1. The predicted octanol–water partition coefficient (Wildman–Crippen LogP) is 3.26. The number of sulfonamides is 1. The molecule has 1 aromatic heterocycles. The van der Waals surface area contributed by atoms with Crippen molar-refractivity contribution in [1.29, 1.82) is 0 Å². The van der Waals surface area contributed by atoms with Gasteiger partial charge in [-0.05, 0) is 30.5 Å². The Morgan fingerprint density at radius 1 is 1.21 bits per heavy atom. The molecule has 1 aromatic carbocycles. The third kappa shape index (κ3) is 3.40. The van der Waals surface area contributed by atoms with E-state index in [-0.39, 0.29) is 10.0 Å². The van der Waals surface area contributed by atoms with E-state index < -0.39 is 10.0 Å². The van der Waals surface area contributed by atoms with E-state index in [1.165, 1.54) is 30.1 Å². The second kappa shape index (κ2) is 5.81. The fraction of sp³-hybridized carbons (Fsp3) is 0.0833. The molecule has 0 unspecified atom stereocenters. The Bertz CT molecular complexity index is 672. The third-order valence-electron chi connectivity index (χ3n) is 2.36. The Labute approximate surface area is 121 Å². The van der Waals surface area contributed by atoms with Gasteiger partial charge in [0.2, 0.25) is 0 Å². The Morgan fingerprint density at radius 2 is 1.95 bits per heavy atom. The van der Waals surface area contributed by atoms with Crippen LogP contribution in [-0.4, -0.2) is 19.7 Å². The largest absolute Gasteiger partial charge is 0.278 e. The summed E-state index contributed by atoms with van der Waals surface area (Å²) in [6, 6.07) is 10.1. The fourth-order valence-corrected chi connectivity index (χ4v) is 3.21. The normalized spacial score (nSPS) is 11.3. The van der Waals surface area contributed by atoms with E-state index in [9.17, 15) is 8.42 Å². The zero-order valence-corrected chi connectivity index (χ0v) is 12.4. The summed E-state index contributed by atoms with van der Waals surface area (Å²) in [7, 11) is -3.65. The number of hydrogen-bond acceptors (Lipinski definition) is 4. The van der Waals surface area contributed by atoms with Crippen LogP contribution in [0.1, 0.15) is 0 Å². The lowest BCUT2D eigenvalue weighted by Gasteiger charge is -2.10. The first-order valence-electron chi connectivity index (χ1n) is 5.30. The van der Waals surface area contributed by atoms with Crippen molar-refractivity contribution in [2.24, 2.45) is 0 Å². The van der Waals surface area contributed by atoms with Crippen LogP contribution in [0.3, 0.4) is 0 Å². The van der Waals surface area contributed by atoms with Crippen LogP contribution in [0.2, 0.25) is 5.15 Å². The number of halogens is 1. The van der Waals surface area contributed by atoms with Crippen LogP contribution in [0.15, 0.2) is 52.4 Å². The second-order valence-electron chi connectivity index (χ2n) is 3.62. The average Bonchev–Trinajstić information content (AvgIpc) is 2.39. The standard InChI is InChI=1S/C12H11ClN2O2S2/c1-18-11-5-3-2-4-10(11)15-19(16,17)9-6-7-12(13)14-8-9/h2-8,15H,1H3. The number of para-hydroxylation sites is 1. The van der Waals surface area contributed by atoms with Crippen LogP contribution in [0, 0.1) is 0 Å². The molecule has 0 atom stereocenters. The van der Waals surface area contributed by atoms with Crippen molar-refractivity contribution >= 4 is 39.1 Å². The van der Waals surface area contributed by atoms with Crippen molar-refractivity contribution in [1.82, 2.24) is 4.98 Å². The number of nitrogens with zero attached hydrogens (tertiary/aromatic N) is 1. The van der Waals surface area contributed by atoms with E-state index in [2.05, 4.69) is 9.71 Å². The number of nitrogens with one attached hydrogen (secondary N) is 1. The first-order valence-corrected chi connectivity index (χ1v) is 8.39. The molecule has 0 aliphatic carbocycles. The van der Waals surface area contributed by atoms with Crippen molar-refractivity contribution in [2.75, 3.05) is 11.0 Å². The van der Waals surface area contributed by atoms with Gasteiger partial charge >= 0.3 is 0 Å². The fourth-order valence-electron chi connectivity index (χ4n) is 1.45. The van der Waals surface area contributed by atoms with Crippen molar-refractivity contribution in [3.63, 3.8) is 0 Å². The molecule has 0 saturated carbocycles. The lowest BCUT2D eigenvalue weighted by molar-refractivity contribution is 0.600. The van der Waals surface area contributed by atoms with Crippen molar-refractivity contribution in [2.45, 2.75) is 9.79 Å². The minimum atomic E-state index is -3.65. The van der Waals surface area contributed by atoms with E-state index in [1.54, 1.807) is 12.1 Å². The van der Waals surface area contributed by atoms with E-state index >= 15 is 0 Å². The smallest absolute Gasteiger partial charge is 0.263 e. The van der Waals surface area contributed by atoms with Gasteiger partial charge in [-0.3, -0.25) is 4.72 Å². The van der Waals surface area contributed by atoms with Gasteiger partial charge in [-0.2, -0.15) is 0 Å². The minimum Gasteiger partial charge on any atom is -0.278 e. The molecule has 0 spiro atoms. The predicted molar refractivity (Wildman–Crippen MR) is 78.3 cm³/mol. The van der Waals surface area contributed by atoms with Gasteiger partial charge in [0.15, 0.2) is 0 Å². The Hall–Kier alpha value is -1.24. The molecule has 0 aliphatic heterocycles. The number of thioether (sulfide) groups is 1.